The fourth-order valence-corrected chi connectivity index (χ4v) is 1.12. The summed E-state index contributed by atoms with van der Waals surface area (Å²) in [7, 11) is 0. The number of hydrogen-bond acceptors (Lipinski definition) is 5. The topological polar surface area (TPSA) is 75.9 Å². The zero-order valence-electron chi connectivity index (χ0n) is 9.16. The summed E-state index contributed by atoms with van der Waals surface area (Å²) in [6, 6.07) is 1.91. The molecule has 0 radical (unpaired) electrons. The molecule has 0 saturated carbocycles. The lowest BCUT2D eigenvalue weighted by molar-refractivity contribution is 0.868. The van der Waals surface area contributed by atoms with Crippen LogP contribution in [-0.2, 0) is 0 Å². The summed E-state index contributed by atoms with van der Waals surface area (Å²) in [5, 5.41) is 6.40. The van der Waals surface area contributed by atoms with Crippen LogP contribution in [0.3, 0.4) is 0 Å². The van der Waals surface area contributed by atoms with Gasteiger partial charge in [0.25, 0.3) is 0 Å². The summed E-state index contributed by atoms with van der Waals surface area (Å²) < 4.78 is 0. The van der Waals surface area contributed by atoms with Crippen LogP contribution in [0.1, 0.15) is 19.8 Å². The van der Waals surface area contributed by atoms with Gasteiger partial charge in [-0.3, -0.25) is 0 Å². The average molecular weight is 209 g/mol. The van der Waals surface area contributed by atoms with E-state index in [2.05, 4.69) is 27.5 Å². The molecule has 1 aromatic rings. The van der Waals surface area contributed by atoms with E-state index >= 15 is 0 Å². The lowest BCUT2D eigenvalue weighted by Gasteiger charge is -2.07. The third-order valence-electron chi connectivity index (χ3n) is 1.91. The smallest absolute Gasteiger partial charge is 0.131 e. The van der Waals surface area contributed by atoms with Crippen molar-refractivity contribution in [2.45, 2.75) is 19.8 Å². The quantitative estimate of drug-likeness (QED) is 0.585. The minimum absolute atomic E-state index is 0.693. The van der Waals surface area contributed by atoms with Gasteiger partial charge in [-0.15, -0.1) is 0 Å². The van der Waals surface area contributed by atoms with Gasteiger partial charge in [0.2, 0.25) is 0 Å². The Morgan fingerprint density at radius 3 is 2.47 bits per heavy atom. The van der Waals surface area contributed by atoms with Crippen molar-refractivity contribution in [3.05, 3.63) is 12.4 Å². The van der Waals surface area contributed by atoms with Crippen LogP contribution in [0.5, 0.6) is 0 Å². The summed E-state index contributed by atoms with van der Waals surface area (Å²) >= 11 is 0. The van der Waals surface area contributed by atoms with Gasteiger partial charge in [-0.25, -0.2) is 9.97 Å². The number of anilines is 2. The molecule has 0 amide bonds. The van der Waals surface area contributed by atoms with Crippen molar-refractivity contribution in [2.24, 2.45) is 5.73 Å². The predicted molar refractivity (Wildman–Crippen MR) is 63.0 cm³/mol. The van der Waals surface area contributed by atoms with Gasteiger partial charge in [0.05, 0.1) is 0 Å². The van der Waals surface area contributed by atoms with Crippen molar-refractivity contribution in [3.63, 3.8) is 0 Å². The van der Waals surface area contributed by atoms with Gasteiger partial charge >= 0.3 is 0 Å². The van der Waals surface area contributed by atoms with E-state index in [0.29, 0.717) is 6.54 Å². The SMILES string of the molecule is CCCNc1cc(NCCCN)ncn1. The molecule has 0 aliphatic rings. The first-order valence-electron chi connectivity index (χ1n) is 5.36. The van der Waals surface area contributed by atoms with E-state index in [0.717, 1.165) is 37.6 Å². The van der Waals surface area contributed by atoms with E-state index in [1.165, 1.54) is 0 Å². The molecule has 4 N–H and O–H groups in total. The Bertz CT molecular complexity index is 276. The average Bonchev–Trinajstić information content (AvgIpc) is 2.27. The van der Waals surface area contributed by atoms with Gasteiger partial charge in [0.15, 0.2) is 0 Å². The lowest BCUT2D eigenvalue weighted by Crippen LogP contribution is -2.10. The highest BCUT2D eigenvalue weighted by molar-refractivity contribution is 5.46. The Labute approximate surface area is 90.5 Å². The van der Waals surface area contributed by atoms with E-state index in [9.17, 15) is 0 Å². The maximum atomic E-state index is 5.40. The Morgan fingerprint density at radius 1 is 1.20 bits per heavy atom. The van der Waals surface area contributed by atoms with Gasteiger partial charge in [0.1, 0.15) is 18.0 Å². The Morgan fingerprint density at radius 2 is 1.87 bits per heavy atom. The summed E-state index contributed by atoms with van der Waals surface area (Å²) in [6.45, 7) is 4.59. The molecule has 0 saturated heterocycles. The van der Waals surface area contributed by atoms with Gasteiger partial charge in [0, 0.05) is 19.2 Å². The molecule has 0 unspecified atom stereocenters. The van der Waals surface area contributed by atoms with Gasteiger partial charge in [-0.05, 0) is 19.4 Å². The van der Waals surface area contributed by atoms with Crippen LogP contribution >= 0.6 is 0 Å². The maximum Gasteiger partial charge on any atom is 0.131 e. The second-order valence-corrected chi connectivity index (χ2v) is 3.28. The normalized spacial score (nSPS) is 10.0. The minimum atomic E-state index is 0.693. The number of rotatable bonds is 7. The largest absolute Gasteiger partial charge is 0.370 e. The molecule has 0 aromatic carbocycles. The van der Waals surface area contributed by atoms with Crippen molar-refractivity contribution in [1.29, 1.82) is 0 Å². The van der Waals surface area contributed by atoms with Gasteiger partial charge in [-0.2, -0.15) is 0 Å². The molecule has 5 heteroatoms. The monoisotopic (exact) mass is 209 g/mol. The van der Waals surface area contributed by atoms with Gasteiger partial charge < -0.3 is 16.4 Å². The predicted octanol–water partition coefficient (Wildman–Crippen LogP) is 1.06. The zero-order valence-corrected chi connectivity index (χ0v) is 9.16. The first-order valence-corrected chi connectivity index (χ1v) is 5.36. The van der Waals surface area contributed by atoms with E-state index in [-0.39, 0.29) is 0 Å². The van der Waals surface area contributed by atoms with Gasteiger partial charge in [-0.1, -0.05) is 6.92 Å². The van der Waals surface area contributed by atoms with E-state index in [4.69, 9.17) is 5.73 Å². The highest BCUT2D eigenvalue weighted by Gasteiger charge is 1.96. The van der Waals surface area contributed by atoms with Crippen LogP contribution in [0.25, 0.3) is 0 Å². The minimum Gasteiger partial charge on any atom is -0.370 e. The Hall–Kier alpha value is -1.36. The van der Waals surface area contributed by atoms with Crippen molar-refractivity contribution in [1.82, 2.24) is 9.97 Å². The highest BCUT2D eigenvalue weighted by Crippen LogP contribution is 2.08. The number of nitrogens with one attached hydrogen (secondary N) is 2. The van der Waals surface area contributed by atoms with Crippen molar-refractivity contribution in [2.75, 3.05) is 30.3 Å². The van der Waals surface area contributed by atoms with Crippen LogP contribution in [0.4, 0.5) is 11.6 Å². The second kappa shape index (κ2) is 7.00. The standard InChI is InChI=1S/C10H19N5/c1-2-5-12-9-7-10(15-8-14-9)13-6-3-4-11/h7-8H,2-6,11H2,1H3,(H2,12,13,14,15). The summed E-state index contributed by atoms with van der Waals surface area (Å²) in [5.74, 6) is 1.71. The van der Waals surface area contributed by atoms with Crippen molar-refractivity contribution in [3.8, 4) is 0 Å². The first-order chi connectivity index (χ1) is 7.36. The third-order valence-corrected chi connectivity index (χ3v) is 1.91. The number of aromatic nitrogens is 2. The van der Waals surface area contributed by atoms with Crippen LogP contribution in [0.15, 0.2) is 12.4 Å². The fourth-order valence-electron chi connectivity index (χ4n) is 1.12. The summed E-state index contributed by atoms with van der Waals surface area (Å²) in [4.78, 5) is 8.23. The molecule has 1 rings (SSSR count). The molecule has 0 spiro atoms. The molecule has 15 heavy (non-hydrogen) atoms. The summed E-state index contributed by atoms with van der Waals surface area (Å²) in [5.41, 5.74) is 5.40. The maximum absolute atomic E-state index is 5.40. The van der Waals surface area contributed by atoms with Crippen molar-refractivity contribution < 1.29 is 0 Å². The molecule has 0 aliphatic carbocycles. The highest BCUT2D eigenvalue weighted by atomic mass is 15.1. The molecule has 84 valence electrons. The molecule has 0 aliphatic heterocycles. The molecule has 0 fully saturated rings. The van der Waals surface area contributed by atoms with E-state index in [1.807, 2.05) is 6.07 Å². The molecule has 0 bridgehead atoms. The molecule has 0 atom stereocenters. The van der Waals surface area contributed by atoms with E-state index < -0.39 is 0 Å². The van der Waals surface area contributed by atoms with Crippen LogP contribution in [0.2, 0.25) is 0 Å². The number of nitrogens with zero attached hydrogens (tertiary/aromatic N) is 2. The summed E-state index contributed by atoms with van der Waals surface area (Å²) in [6.07, 6.45) is 3.59. The Balaban J connectivity index is 2.42. The molecule has 1 aromatic heterocycles. The number of nitrogens with two attached hydrogens (primary N) is 1. The van der Waals surface area contributed by atoms with Crippen molar-refractivity contribution >= 4 is 11.6 Å². The fraction of sp³-hybridized carbons (Fsp3) is 0.600. The third kappa shape index (κ3) is 4.60. The second-order valence-electron chi connectivity index (χ2n) is 3.28. The van der Waals surface area contributed by atoms with Crippen LogP contribution < -0.4 is 16.4 Å². The Kier molecular flexibility index (Phi) is 5.47. The number of hydrogen-bond donors (Lipinski definition) is 3. The van der Waals surface area contributed by atoms with Crippen LogP contribution in [-0.4, -0.2) is 29.6 Å². The van der Waals surface area contributed by atoms with Crippen LogP contribution in [0, 0.1) is 0 Å². The molecular weight excluding hydrogens is 190 g/mol. The first kappa shape index (κ1) is 11.7. The molecule has 5 nitrogen and oxygen atoms in total. The zero-order chi connectivity index (χ0) is 10.9. The lowest BCUT2D eigenvalue weighted by atomic mass is 10.4. The van der Waals surface area contributed by atoms with E-state index in [1.54, 1.807) is 6.33 Å². The molecular formula is C10H19N5. The molecule has 1 heterocycles.